The number of carbonyl (C=O) groups excluding carboxylic acids is 1. The van der Waals surface area contributed by atoms with Crippen LogP contribution in [0.25, 0.3) is 0 Å². The molecule has 0 fully saturated rings. The molecule has 0 atom stereocenters. The van der Waals surface area contributed by atoms with Crippen molar-refractivity contribution in [1.82, 2.24) is 4.98 Å². The van der Waals surface area contributed by atoms with Gasteiger partial charge in [-0.25, -0.2) is 4.98 Å². The van der Waals surface area contributed by atoms with Crippen molar-refractivity contribution >= 4 is 17.5 Å². The Morgan fingerprint density at radius 3 is 2.78 bits per heavy atom. The summed E-state index contributed by atoms with van der Waals surface area (Å²) < 4.78 is 5.51. The Hall–Kier alpha value is -2.07. The van der Waals surface area contributed by atoms with Crippen LogP contribution in [-0.4, -0.2) is 10.9 Å². The van der Waals surface area contributed by atoms with Crippen LogP contribution in [0.15, 0.2) is 42.6 Å². The fourth-order valence-electron chi connectivity index (χ4n) is 1.52. The Bertz CT molecular complexity index is 572. The van der Waals surface area contributed by atoms with Gasteiger partial charge in [-0.2, -0.15) is 0 Å². The van der Waals surface area contributed by atoms with Crippen LogP contribution in [0.4, 0.5) is 0 Å². The molecule has 0 saturated carbocycles. The molecule has 0 bridgehead atoms. The maximum atomic E-state index is 11.2. The van der Waals surface area contributed by atoms with Gasteiger partial charge in [0.1, 0.15) is 6.61 Å². The minimum Gasteiger partial charge on any atom is -0.486 e. The first-order valence-corrected chi connectivity index (χ1v) is 5.67. The molecule has 0 saturated heterocycles. The molecule has 92 valence electrons. The summed E-state index contributed by atoms with van der Waals surface area (Å²) in [4.78, 5) is 15.1. The van der Waals surface area contributed by atoms with Crippen LogP contribution in [-0.2, 0) is 6.61 Å². The molecule has 2 rings (SSSR count). The molecule has 0 unspecified atom stereocenters. The Kier molecular flexibility index (Phi) is 3.79. The molecule has 2 aromatic rings. The van der Waals surface area contributed by atoms with E-state index in [4.69, 9.17) is 22.1 Å². The van der Waals surface area contributed by atoms with Crippen molar-refractivity contribution in [2.24, 2.45) is 5.73 Å². The van der Waals surface area contributed by atoms with E-state index in [2.05, 4.69) is 4.98 Å². The fraction of sp³-hybridized carbons (Fsp3) is 0.0769. The lowest BCUT2D eigenvalue weighted by Crippen LogP contribution is -2.14. The molecule has 4 nitrogen and oxygen atoms in total. The largest absolute Gasteiger partial charge is 0.486 e. The predicted molar refractivity (Wildman–Crippen MR) is 68.5 cm³/mol. The molecule has 1 aromatic heterocycles. The van der Waals surface area contributed by atoms with Gasteiger partial charge >= 0.3 is 0 Å². The molecule has 1 heterocycles. The average molecular weight is 263 g/mol. The summed E-state index contributed by atoms with van der Waals surface area (Å²) in [5.74, 6) is -0.00933. The van der Waals surface area contributed by atoms with Gasteiger partial charge in [0.2, 0.25) is 5.91 Å². The number of nitrogens with zero attached hydrogens (tertiary/aromatic N) is 1. The number of rotatable bonds is 4. The zero-order chi connectivity index (χ0) is 13.0. The molecule has 0 radical (unpaired) electrons. The fourth-order valence-corrected chi connectivity index (χ4v) is 1.69. The van der Waals surface area contributed by atoms with E-state index in [9.17, 15) is 4.79 Å². The third-order valence-electron chi connectivity index (χ3n) is 2.39. The SMILES string of the molecule is NC(=O)c1ccccc1COc1cccnc1Cl. The third kappa shape index (κ3) is 2.78. The van der Waals surface area contributed by atoms with E-state index < -0.39 is 5.91 Å². The minimum atomic E-state index is -0.480. The molecule has 5 heteroatoms. The van der Waals surface area contributed by atoms with Crippen LogP contribution in [0.3, 0.4) is 0 Å². The summed E-state index contributed by atoms with van der Waals surface area (Å²) in [6, 6.07) is 10.4. The maximum absolute atomic E-state index is 11.2. The smallest absolute Gasteiger partial charge is 0.249 e. The number of ether oxygens (including phenoxy) is 1. The number of pyridine rings is 1. The highest BCUT2D eigenvalue weighted by Gasteiger charge is 2.08. The lowest BCUT2D eigenvalue weighted by atomic mass is 10.1. The van der Waals surface area contributed by atoms with Gasteiger partial charge in [-0.15, -0.1) is 0 Å². The van der Waals surface area contributed by atoms with Gasteiger partial charge in [0.15, 0.2) is 10.9 Å². The van der Waals surface area contributed by atoms with E-state index in [1.54, 1.807) is 36.5 Å². The van der Waals surface area contributed by atoms with Crippen molar-refractivity contribution in [3.05, 3.63) is 58.9 Å². The first-order chi connectivity index (χ1) is 8.68. The minimum absolute atomic E-state index is 0.213. The van der Waals surface area contributed by atoms with Crippen molar-refractivity contribution in [2.75, 3.05) is 0 Å². The van der Waals surface area contributed by atoms with Crippen LogP contribution < -0.4 is 10.5 Å². The maximum Gasteiger partial charge on any atom is 0.249 e. The van der Waals surface area contributed by atoms with E-state index in [-0.39, 0.29) is 11.8 Å². The van der Waals surface area contributed by atoms with Crippen LogP contribution in [0.1, 0.15) is 15.9 Å². The Balaban J connectivity index is 2.16. The van der Waals surface area contributed by atoms with Gasteiger partial charge in [0.05, 0.1) is 0 Å². The summed E-state index contributed by atoms with van der Waals surface area (Å²) in [6.07, 6.45) is 1.58. The second kappa shape index (κ2) is 5.51. The van der Waals surface area contributed by atoms with Crippen LogP contribution in [0.2, 0.25) is 5.15 Å². The van der Waals surface area contributed by atoms with Gasteiger partial charge in [0, 0.05) is 17.3 Å². The lowest BCUT2D eigenvalue weighted by Gasteiger charge is -2.09. The van der Waals surface area contributed by atoms with Crippen LogP contribution in [0.5, 0.6) is 5.75 Å². The molecule has 0 aliphatic heterocycles. The van der Waals surface area contributed by atoms with Crippen molar-refractivity contribution in [3.63, 3.8) is 0 Å². The molecule has 0 spiro atoms. The third-order valence-corrected chi connectivity index (χ3v) is 2.67. The number of halogens is 1. The molecule has 1 aromatic carbocycles. The first-order valence-electron chi connectivity index (χ1n) is 5.29. The Morgan fingerprint density at radius 1 is 1.28 bits per heavy atom. The Morgan fingerprint density at radius 2 is 2.06 bits per heavy atom. The van der Waals surface area contributed by atoms with E-state index in [1.807, 2.05) is 6.07 Å². The van der Waals surface area contributed by atoms with E-state index in [1.165, 1.54) is 0 Å². The topological polar surface area (TPSA) is 65.2 Å². The van der Waals surface area contributed by atoms with Gasteiger partial charge in [-0.05, 0) is 18.2 Å². The average Bonchev–Trinajstić information content (AvgIpc) is 2.38. The summed E-state index contributed by atoms with van der Waals surface area (Å²) >= 11 is 5.87. The molecule has 18 heavy (non-hydrogen) atoms. The van der Waals surface area contributed by atoms with Crippen LogP contribution in [0, 0.1) is 0 Å². The number of hydrogen-bond acceptors (Lipinski definition) is 3. The number of benzene rings is 1. The number of carbonyl (C=O) groups is 1. The summed E-state index contributed by atoms with van der Waals surface area (Å²) in [5.41, 5.74) is 6.44. The number of nitrogens with two attached hydrogens (primary N) is 1. The van der Waals surface area contributed by atoms with E-state index in [0.717, 1.165) is 0 Å². The van der Waals surface area contributed by atoms with Gasteiger partial charge < -0.3 is 10.5 Å². The molecular weight excluding hydrogens is 252 g/mol. The summed E-state index contributed by atoms with van der Waals surface area (Å²) in [5, 5.41) is 0.286. The molecule has 2 N–H and O–H groups in total. The second-order valence-corrected chi connectivity index (χ2v) is 3.96. The first kappa shape index (κ1) is 12.4. The second-order valence-electron chi connectivity index (χ2n) is 3.60. The van der Waals surface area contributed by atoms with Crippen molar-refractivity contribution in [2.45, 2.75) is 6.61 Å². The van der Waals surface area contributed by atoms with Gasteiger partial charge in [-0.3, -0.25) is 4.79 Å². The highest BCUT2D eigenvalue weighted by Crippen LogP contribution is 2.22. The van der Waals surface area contributed by atoms with Crippen molar-refractivity contribution < 1.29 is 9.53 Å². The molecule has 0 aliphatic rings. The van der Waals surface area contributed by atoms with Gasteiger partial charge in [-0.1, -0.05) is 29.8 Å². The van der Waals surface area contributed by atoms with Crippen LogP contribution >= 0.6 is 11.6 Å². The Labute approximate surface area is 109 Å². The lowest BCUT2D eigenvalue weighted by molar-refractivity contribution is 0.0998. The predicted octanol–water partition coefficient (Wildman–Crippen LogP) is 2.41. The quantitative estimate of drug-likeness (QED) is 0.861. The number of amides is 1. The standard InChI is InChI=1S/C13H11ClN2O2/c14-12-11(6-3-7-16-12)18-8-9-4-1-2-5-10(9)13(15)17/h1-7H,8H2,(H2,15,17). The van der Waals surface area contributed by atoms with Gasteiger partial charge in [0.25, 0.3) is 0 Å². The highest BCUT2D eigenvalue weighted by molar-refractivity contribution is 6.30. The number of hydrogen-bond donors (Lipinski definition) is 1. The molecule has 1 amide bonds. The molecular formula is C13H11ClN2O2. The number of primary amides is 1. The monoisotopic (exact) mass is 262 g/mol. The zero-order valence-corrected chi connectivity index (χ0v) is 10.2. The summed E-state index contributed by atoms with van der Waals surface area (Å²) in [7, 11) is 0. The van der Waals surface area contributed by atoms with E-state index >= 15 is 0 Å². The zero-order valence-electron chi connectivity index (χ0n) is 9.47. The normalized spacial score (nSPS) is 10.1. The highest BCUT2D eigenvalue weighted by atomic mass is 35.5. The number of aromatic nitrogens is 1. The van der Waals surface area contributed by atoms with Crippen molar-refractivity contribution in [1.29, 1.82) is 0 Å². The molecule has 0 aliphatic carbocycles. The summed E-state index contributed by atoms with van der Waals surface area (Å²) in [6.45, 7) is 0.213. The van der Waals surface area contributed by atoms with Crippen molar-refractivity contribution in [3.8, 4) is 5.75 Å². The van der Waals surface area contributed by atoms with E-state index in [0.29, 0.717) is 16.9 Å².